The minimum atomic E-state index is -0.667. The van der Waals surface area contributed by atoms with E-state index in [2.05, 4.69) is 36.4 Å². The number of imide groups is 1. The maximum absolute atomic E-state index is 13.4. The summed E-state index contributed by atoms with van der Waals surface area (Å²) in [5, 5.41) is 0. The molecule has 3 rings (SSSR count). The number of hydrogen-bond acceptors (Lipinski definition) is 4. The van der Waals surface area contributed by atoms with Gasteiger partial charge in [-0.05, 0) is 70.8 Å². The lowest BCUT2D eigenvalue weighted by atomic mass is 9.88. The number of carbonyl (C=O) groups is 2. The number of benzene rings is 2. The van der Waals surface area contributed by atoms with Crippen molar-refractivity contribution < 1.29 is 14.3 Å². The van der Waals surface area contributed by atoms with E-state index >= 15 is 0 Å². The van der Waals surface area contributed by atoms with Crippen LogP contribution in [0.1, 0.15) is 51.5 Å². The van der Waals surface area contributed by atoms with Crippen LogP contribution in [0.3, 0.4) is 0 Å². The van der Waals surface area contributed by atoms with Crippen molar-refractivity contribution >= 4 is 12.0 Å². The van der Waals surface area contributed by atoms with Crippen molar-refractivity contribution in [2.24, 2.45) is 0 Å². The number of amides is 2. The van der Waals surface area contributed by atoms with Gasteiger partial charge in [-0.25, -0.2) is 9.69 Å². The smallest absolute Gasteiger partial charge is 0.417 e. The third-order valence-electron chi connectivity index (χ3n) is 5.73. The van der Waals surface area contributed by atoms with E-state index in [0.717, 1.165) is 24.0 Å². The Balaban J connectivity index is 1.86. The molecule has 0 radical (unpaired) electrons. The van der Waals surface area contributed by atoms with Crippen molar-refractivity contribution in [1.82, 2.24) is 9.80 Å². The van der Waals surface area contributed by atoms with Gasteiger partial charge in [-0.15, -0.1) is 0 Å². The van der Waals surface area contributed by atoms with Crippen molar-refractivity contribution in [1.29, 1.82) is 0 Å². The Morgan fingerprint density at radius 2 is 1.70 bits per heavy atom. The Labute approximate surface area is 198 Å². The molecule has 5 nitrogen and oxygen atoms in total. The maximum atomic E-state index is 13.4. The number of likely N-dealkylation sites (N-methyl/N-ethyl adjacent to an activating group) is 1. The Kier molecular flexibility index (Phi) is 8.09. The summed E-state index contributed by atoms with van der Waals surface area (Å²) in [5.41, 5.74) is 3.48. The second-order valence-electron chi connectivity index (χ2n) is 9.96. The topological polar surface area (TPSA) is 49.9 Å². The zero-order chi connectivity index (χ0) is 24.0. The highest BCUT2D eigenvalue weighted by molar-refractivity contribution is 6.02. The zero-order valence-electron chi connectivity index (χ0n) is 20.5. The highest BCUT2D eigenvalue weighted by Gasteiger charge is 2.33. The lowest BCUT2D eigenvalue weighted by Crippen LogP contribution is -2.44. The molecule has 2 aromatic carbocycles. The predicted octanol–water partition coefficient (Wildman–Crippen LogP) is 5.87. The molecule has 2 amide bonds. The lowest BCUT2D eigenvalue weighted by molar-refractivity contribution is -0.127. The van der Waals surface area contributed by atoms with Gasteiger partial charge >= 0.3 is 6.09 Å². The van der Waals surface area contributed by atoms with Gasteiger partial charge < -0.3 is 9.64 Å². The van der Waals surface area contributed by atoms with E-state index in [0.29, 0.717) is 25.1 Å². The van der Waals surface area contributed by atoms with Crippen molar-refractivity contribution in [2.45, 2.75) is 51.6 Å². The first-order chi connectivity index (χ1) is 15.6. The summed E-state index contributed by atoms with van der Waals surface area (Å²) in [6.07, 6.45) is 3.82. The molecule has 0 saturated carbocycles. The number of carbonyl (C=O) groups excluding carboxylic acids is 2. The standard InChI is InChI=1S/C28H36N2O3/c1-28(2,3)33-27(32)30-20-25(13-9-12-24(26(30)31)18-19-29(4)5)23-16-14-22(15-17-23)21-10-7-6-8-11-21/h6-8,10-11,14-18,25H,9,12-13,19-20H2,1-5H3/b24-18+. The van der Waals surface area contributed by atoms with E-state index in [4.69, 9.17) is 4.74 Å². The number of nitrogens with zero attached hydrogens (tertiary/aromatic N) is 2. The molecule has 1 saturated heterocycles. The fraction of sp³-hybridized carbons (Fsp3) is 0.429. The summed E-state index contributed by atoms with van der Waals surface area (Å²) < 4.78 is 5.61. The van der Waals surface area contributed by atoms with E-state index in [9.17, 15) is 9.59 Å². The summed E-state index contributed by atoms with van der Waals surface area (Å²) in [7, 11) is 3.93. The van der Waals surface area contributed by atoms with Gasteiger partial charge in [0.15, 0.2) is 0 Å². The fourth-order valence-corrected chi connectivity index (χ4v) is 4.02. The third-order valence-corrected chi connectivity index (χ3v) is 5.73. The second-order valence-corrected chi connectivity index (χ2v) is 9.96. The van der Waals surface area contributed by atoms with E-state index in [1.54, 1.807) is 0 Å². The molecule has 2 aromatic rings. The van der Waals surface area contributed by atoms with Gasteiger partial charge in [0.2, 0.25) is 0 Å². The molecule has 1 fully saturated rings. The normalized spacial score (nSPS) is 18.8. The van der Waals surface area contributed by atoms with Crippen LogP contribution in [0.15, 0.2) is 66.2 Å². The first kappa shape index (κ1) is 24.7. The van der Waals surface area contributed by atoms with Gasteiger partial charge in [0, 0.05) is 24.6 Å². The molecule has 0 N–H and O–H groups in total. The highest BCUT2D eigenvalue weighted by Crippen LogP contribution is 2.31. The van der Waals surface area contributed by atoms with Crippen LogP contribution in [0.25, 0.3) is 11.1 Å². The SMILES string of the molecule is CN(C)C/C=C1\CCCC(c2ccc(-c3ccccc3)cc2)CN(C(=O)OC(C)(C)C)C1=O. The molecule has 0 aliphatic carbocycles. The predicted molar refractivity (Wildman–Crippen MR) is 133 cm³/mol. The first-order valence-corrected chi connectivity index (χ1v) is 11.7. The summed E-state index contributed by atoms with van der Waals surface area (Å²) in [4.78, 5) is 29.7. The zero-order valence-corrected chi connectivity index (χ0v) is 20.5. The number of rotatable bonds is 4. The van der Waals surface area contributed by atoms with Gasteiger partial charge in [-0.1, -0.05) is 60.7 Å². The molecule has 0 bridgehead atoms. The largest absolute Gasteiger partial charge is 0.443 e. The number of likely N-dealkylation sites (tertiary alicyclic amines) is 1. The Morgan fingerprint density at radius 3 is 2.30 bits per heavy atom. The average molecular weight is 449 g/mol. The molecule has 1 heterocycles. The van der Waals surface area contributed by atoms with Crippen LogP contribution in [0.5, 0.6) is 0 Å². The Morgan fingerprint density at radius 1 is 1.06 bits per heavy atom. The molecule has 1 aliphatic rings. The third kappa shape index (κ3) is 7.03. The molecule has 176 valence electrons. The van der Waals surface area contributed by atoms with Crippen LogP contribution in [0, 0.1) is 0 Å². The van der Waals surface area contributed by atoms with Gasteiger partial charge in [-0.3, -0.25) is 4.79 Å². The monoisotopic (exact) mass is 448 g/mol. The second kappa shape index (κ2) is 10.8. The van der Waals surface area contributed by atoms with Crippen LogP contribution in [0.4, 0.5) is 4.79 Å². The van der Waals surface area contributed by atoms with Gasteiger partial charge in [0.05, 0.1) is 0 Å². The van der Waals surface area contributed by atoms with E-state index in [-0.39, 0.29) is 11.8 Å². The van der Waals surface area contributed by atoms with Crippen molar-refractivity contribution in [2.75, 3.05) is 27.2 Å². The molecule has 0 spiro atoms. The minimum Gasteiger partial charge on any atom is -0.443 e. The summed E-state index contributed by atoms with van der Waals surface area (Å²) >= 11 is 0. The quantitative estimate of drug-likeness (QED) is 0.549. The molecule has 1 aliphatic heterocycles. The summed E-state index contributed by atoms with van der Waals surface area (Å²) in [6, 6.07) is 18.7. The molecular formula is C28H36N2O3. The van der Waals surface area contributed by atoms with Gasteiger partial charge in [0.1, 0.15) is 5.60 Å². The van der Waals surface area contributed by atoms with E-state index < -0.39 is 11.7 Å². The lowest BCUT2D eigenvalue weighted by Gasteiger charge is -2.32. The highest BCUT2D eigenvalue weighted by atomic mass is 16.6. The molecule has 0 aromatic heterocycles. The first-order valence-electron chi connectivity index (χ1n) is 11.7. The average Bonchev–Trinajstić information content (AvgIpc) is 2.76. The van der Waals surface area contributed by atoms with Crippen molar-refractivity contribution in [3.63, 3.8) is 0 Å². The molecule has 33 heavy (non-hydrogen) atoms. The van der Waals surface area contributed by atoms with Crippen LogP contribution >= 0.6 is 0 Å². The van der Waals surface area contributed by atoms with Crippen molar-refractivity contribution in [3.8, 4) is 11.1 Å². The molecule has 1 unspecified atom stereocenters. The Hall–Kier alpha value is -2.92. The Bertz CT molecular complexity index is 972. The van der Waals surface area contributed by atoms with Crippen LogP contribution in [-0.4, -0.2) is 54.6 Å². The number of ether oxygens (including phenoxy) is 1. The number of hydrogen-bond donors (Lipinski definition) is 0. The van der Waals surface area contributed by atoms with Crippen molar-refractivity contribution in [3.05, 3.63) is 71.8 Å². The van der Waals surface area contributed by atoms with E-state index in [1.165, 1.54) is 10.5 Å². The van der Waals surface area contributed by atoms with Crippen LogP contribution in [-0.2, 0) is 9.53 Å². The summed E-state index contributed by atoms with van der Waals surface area (Å²) in [6.45, 7) is 6.44. The van der Waals surface area contributed by atoms with Crippen LogP contribution in [0.2, 0.25) is 0 Å². The summed E-state index contributed by atoms with van der Waals surface area (Å²) in [5.74, 6) is -0.168. The maximum Gasteiger partial charge on any atom is 0.417 e. The van der Waals surface area contributed by atoms with E-state index in [1.807, 2.05) is 64.0 Å². The molecular weight excluding hydrogens is 412 g/mol. The van der Waals surface area contributed by atoms with Gasteiger partial charge in [0.25, 0.3) is 5.91 Å². The van der Waals surface area contributed by atoms with Gasteiger partial charge in [-0.2, -0.15) is 0 Å². The molecule has 1 atom stereocenters. The fourth-order valence-electron chi connectivity index (χ4n) is 4.02. The minimum absolute atomic E-state index is 0.0710. The molecule has 5 heteroatoms. The van der Waals surface area contributed by atoms with Crippen LogP contribution < -0.4 is 0 Å².